The minimum Gasteiger partial charge on any atom is -0.350 e. The molecule has 0 saturated carbocycles. The molecule has 0 aliphatic rings. The maximum atomic E-state index is 11.9. The number of carbonyl (C=O) groups is 1. The summed E-state index contributed by atoms with van der Waals surface area (Å²) < 4.78 is 1.04. The van der Waals surface area contributed by atoms with Crippen molar-refractivity contribution in [3.8, 4) is 0 Å². The highest BCUT2D eigenvalue weighted by molar-refractivity contribution is 5.75. The van der Waals surface area contributed by atoms with E-state index in [2.05, 4.69) is 33.1 Å². The molecule has 0 spiro atoms. The number of hydrogen-bond acceptors (Lipinski definition) is 1. The molecule has 3 nitrogen and oxygen atoms in total. The van der Waals surface area contributed by atoms with E-state index in [-0.39, 0.29) is 5.91 Å². The normalized spacial score (nSPS) is 11.7. The predicted octanol–water partition coefficient (Wildman–Crippen LogP) is 6.85. The van der Waals surface area contributed by atoms with Gasteiger partial charge in [-0.25, -0.2) is 0 Å². The van der Waals surface area contributed by atoms with Crippen LogP contribution in [-0.4, -0.2) is 43.6 Å². The first-order chi connectivity index (χ1) is 13.6. The molecule has 28 heavy (non-hydrogen) atoms. The fourth-order valence-corrected chi connectivity index (χ4v) is 3.75. The van der Waals surface area contributed by atoms with Crippen molar-refractivity contribution in [3.63, 3.8) is 0 Å². The average Bonchev–Trinajstić information content (AvgIpc) is 2.70. The fourth-order valence-electron chi connectivity index (χ4n) is 3.75. The first-order valence-electron chi connectivity index (χ1n) is 12.7. The summed E-state index contributed by atoms with van der Waals surface area (Å²) in [4.78, 5) is 11.9. The molecule has 0 aromatic heterocycles. The minimum absolute atomic E-state index is 0.244. The number of carbonyl (C=O) groups excluding carboxylic acids is 1. The quantitative estimate of drug-likeness (QED) is 0.166. The summed E-state index contributed by atoms with van der Waals surface area (Å²) in [6.45, 7) is 10.8. The molecule has 0 bridgehead atoms. The van der Waals surface area contributed by atoms with Crippen molar-refractivity contribution in [1.82, 2.24) is 5.32 Å². The molecule has 0 atom stereocenters. The van der Waals surface area contributed by atoms with Gasteiger partial charge >= 0.3 is 0 Å². The first-order valence-corrected chi connectivity index (χ1v) is 12.7. The zero-order chi connectivity index (χ0) is 20.9. The minimum atomic E-state index is 0.244. The molecule has 3 heteroatoms. The van der Waals surface area contributed by atoms with Gasteiger partial charge < -0.3 is 9.80 Å². The molecule has 0 radical (unpaired) electrons. The molecule has 0 rings (SSSR count). The van der Waals surface area contributed by atoms with E-state index >= 15 is 0 Å². The van der Waals surface area contributed by atoms with Crippen molar-refractivity contribution in [1.29, 1.82) is 0 Å². The number of hydrogen-bond donors (Lipinski definition) is 1. The monoisotopic (exact) mass is 397 g/mol. The third-order valence-electron chi connectivity index (χ3n) is 6.51. The lowest BCUT2D eigenvalue weighted by atomic mass is 10.0. The summed E-state index contributed by atoms with van der Waals surface area (Å²) in [6.07, 6.45) is 21.2. The number of quaternary nitrogens is 1. The van der Waals surface area contributed by atoms with Gasteiger partial charge in [-0.15, -0.1) is 0 Å². The van der Waals surface area contributed by atoms with Gasteiger partial charge in [-0.2, -0.15) is 0 Å². The van der Waals surface area contributed by atoms with Crippen LogP contribution in [0.3, 0.4) is 0 Å². The van der Waals surface area contributed by atoms with Crippen LogP contribution in [0.4, 0.5) is 0 Å². The lowest BCUT2D eigenvalue weighted by Crippen LogP contribution is -2.48. The Morgan fingerprint density at radius 1 is 0.643 bits per heavy atom. The number of nitrogens with one attached hydrogen (secondary N) is 1. The zero-order valence-electron chi connectivity index (χ0n) is 20.0. The Hall–Kier alpha value is -0.570. The Labute approximate surface area is 177 Å². The van der Waals surface area contributed by atoms with E-state index in [4.69, 9.17) is 0 Å². The van der Waals surface area contributed by atoms with Crippen LogP contribution in [0.1, 0.15) is 124 Å². The topological polar surface area (TPSA) is 29.1 Å². The van der Waals surface area contributed by atoms with Crippen LogP contribution in [0, 0.1) is 0 Å². The lowest BCUT2D eigenvalue weighted by Gasteiger charge is -2.32. The Balaban J connectivity index is 3.27. The van der Waals surface area contributed by atoms with E-state index in [0.29, 0.717) is 6.42 Å². The molecular formula is C25H53N2O+. The molecule has 1 N–H and O–H groups in total. The summed E-state index contributed by atoms with van der Waals surface area (Å²) >= 11 is 0. The molecular weight excluding hydrogens is 344 g/mol. The average molecular weight is 398 g/mol. The maximum absolute atomic E-state index is 11.9. The standard InChI is InChI=1S/C25H52N2O/c1-5-8-9-10-11-12-13-14-15-16-17-18-19-20-21-22-25(28)26-23-24-27(4,6-2)7-3/h5-24H2,1-4H3/p+1. The molecule has 0 unspecified atom stereocenters. The van der Waals surface area contributed by atoms with Crippen molar-refractivity contribution in [2.75, 3.05) is 33.2 Å². The smallest absolute Gasteiger partial charge is 0.220 e. The molecule has 0 heterocycles. The molecule has 168 valence electrons. The van der Waals surface area contributed by atoms with E-state index in [0.717, 1.165) is 37.1 Å². The van der Waals surface area contributed by atoms with Gasteiger partial charge in [0.25, 0.3) is 0 Å². The van der Waals surface area contributed by atoms with E-state index in [1.807, 2.05) is 0 Å². The van der Waals surface area contributed by atoms with Gasteiger partial charge in [0.05, 0.1) is 33.2 Å². The highest BCUT2D eigenvalue weighted by Gasteiger charge is 2.15. The van der Waals surface area contributed by atoms with Crippen molar-refractivity contribution < 1.29 is 9.28 Å². The Morgan fingerprint density at radius 3 is 1.43 bits per heavy atom. The number of amides is 1. The Kier molecular flexibility index (Phi) is 19.3. The molecule has 0 fully saturated rings. The van der Waals surface area contributed by atoms with Crippen LogP contribution in [0.25, 0.3) is 0 Å². The van der Waals surface area contributed by atoms with Gasteiger partial charge in [0.15, 0.2) is 0 Å². The van der Waals surface area contributed by atoms with Gasteiger partial charge in [0.2, 0.25) is 5.91 Å². The highest BCUT2D eigenvalue weighted by atomic mass is 16.1. The second-order valence-corrected chi connectivity index (χ2v) is 9.03. The molecule has 0 aliphatic heterocycles. The second-order valence-electron chi connectivity index (χ2n) is 9.03. The number of nitrogens with zero attached hydrogens (tertiary/aromatic N) is 1. The van der Waals surface area contributed by atoms with Gasteiger partial charge in [0.1, 0.15) is 0 Å². The fraction of sp³-hybridized carbons (Fsp3) is 0.960. The largest absolute Gasteiger partial charge is 0.350 e. The van der Waals surface area contributed by atoms with Crippen LogP contribution < -0.4 is 5.32 Å². The molecule has 0 saturated heterocycles. The van der Waals surface area contributed by atoms with E-state index in [1.165, 1.54) is 89.9 Å². The van der Waals surface area contributed by atoms with Gasteiger partial charge in [-0.3, -0.25) is 4.79 Å². The Morgan fingerprint density at radius 2 is 1.04 bits per heavy atom. The van der Waals surface area contributed by atoms with E-state index in [9.17, 15) is 4.79 Å². The van der Waals surface area contributed by atoms with Crippen molar-refractivity contribution >= 4 is 5.91 Å². The van der Waals surface area contributed by atoms with Crippen molar-refractivity contribution in [2.24, 2.45) is 0 Å². The molecule has 0 aromatic carbocycles. The highest BCUT2D eigenvalue weighted by Crippen LogP contribution is 2.13. The van der Waals surface area contributed by atoms with Gasteiger partial charge in [0, 0.05) is 6.42 Å². The summed E-state index contributed by atoms with van der Waals surface area (Å²) in [5.41, 5.74) is 0. The molecule has 0 aromatic rings. The SMILES string of the molecule is CCCCCCCCCCCCCCCCCC(=O)NCC[N+](C)(CC)CC. The zero-order valence-corrected chi connectivity index (χ0v) is 20.0. The summed E-state index contributed by atoms with van der Waals surface area (Å²) in [7, 11) is 2.26. The molecule has 1 amide bonds. The summed E-state index contributed by atoms with van der Waals surface area (Å²) in [5, 5.41) is 3.10. The van der Waals surface area contributed by atoms with Crippen LogP contribution in [-0.2, 0) is 4.79 Å². The van der Waals surface area contributed by atoms with Crippen LogP contribution in [0.2, 0.25) is 0 Å². The maximum Gasteiger partial charge on any atom is 0.220 e. The second kappa shape index (κ2) is 19.7. The first kappa shape index (κ1) is 27.4. The van der Waals surface area contributed by atoms with Crippen molar-refractivity contribution in [3.05, 3.63) is 0 Å². The Bertz CT molecular complexity index is 339. The third-order valence-corrected chi connectivity index (χ3v) is 6.51. The number of likely N-dealkylation sites (N-methyl/N-ethyl adjacent to an activating group) is 1. The van der Waals surface area contributed by atoms with Crippen LogP contribution >= 0.6 is 0 Å². The summed E-state index contributed by atoms with van der Waals surface area (Å²) in [5.74, 6) is 0.244. The van der Waals surface area contributed by atoms with Crippen molar-refractivity contribution in [2.45, 2.75) is 124 Å². The number of unbranched alkanes of at least 4 members (excludes halogenated alkanes) is 14. The summed E-state index contributed by atoms with van der Waals surface area (Å²) in [6, 6.07) is 0. The lowest BCUT2D eigenvalue weighted by molar-refractivity contribution is -0.904. The molecule has 0 aliphatic carbocycles. The third kappa shape index (κ3) is 17.5. The van der Waals surface area contributed by atoms with Crippen LogP contribution in [0.5, 0.6) is 0 Å². The number of rotatable bonds is 21. The van der Waals surface area contributed by atoms with E-state index in [1.54, 1.807) is 0 Å². The van der Waals surface area contributed by atoms with Crippen LogP contribution in [0.15, 0.2) is 0 Å². The predicted molar refractivity (Wildman–Crippen MR) is 125 cm³/mol. The van der Waals surface area contributed by atoms with E-state index < -0.39 is 0 Å². The van der Waals surface area contributed by atoms with Gasteiger partial charge in [-0.05, 0) is 20.3 Å². The van der Waals surface area contributed by atoms with Gasteiger partial charge in [-0.1, -0.05) is 96.8 Å².